The van der Waals surface area contributed by atoms with E-state index in [2.05, 4.69) is 10.6 Å². The highest BCUT2D eigenvalue weighted by molar-refractivity contribution is 14.0. The van der Waals surface area contributed by atoms with Gasteiger partial charge < -0.3 is 0 Å². The zero-order chi connectivity index (χ0) is 35.0. The smallest absolute Gasteiger partial charge is 0.275 e. The first-order chi connectivity index (χ1) is 24.4. The van der Waals surface area contributed by atoms with E-state index in [9.17, 15) is 4.79 Å². The van der Waals surface area contributed by atoms with Crippen LogP contribution < -0.4 is 42.5 Å². The maximum atomic E-state index is 14.7. The maximum absolute atomic E-state index is 14.7. The molecule has 6 aromatic carbocycles. The monoisotopic (exact) mass is 1030 g/mol. The molecule has 52 heavy (non-hydrogen) atoms. The first-order valence-electron chi connectivity index (χ1n) is 15.7. The van der Waals surface area contributed by atoms with Gasteiger partial charge in [0.05, 0.1) is 0 Å². The molecule has 6 aromatic rings. The van der Waals surface area contributed by atoms with E-state index in [-0.39, 0.29) is 56.9 Å². The molecule has 0 bridgehead atoms. The fourth-order valence-corrected chi connectivity index (χ4v) is 16.2. The van der Waals surface area contributed by atoms with Gasteiger partial charge in [-0.15, -0.1) is 48.0 Å². The number of nitrogens with one attached hydrogen (secondary N) is 2. The molecule has 0 spiro atoms. The van der Waals surface area contributed by atoms with Gasteiger partial charge in [-0.25, -0.2) is 4.79 Å². The normalized spacial score (nSPS) is 10.8. The predicted molar refractivity (Wildman–Crippen MR) is 250 cm³/mol. The minimum atomic E-state index is -2.88. The molecule has 0 heterocycles. The number of hydrogen-bond donors (Lipinski definition) is 2. The van der Waals surface area contributed by atoms with Crippen molar-refractivity contribution in [2.24, 2.45) is 0 Å². The topological polar surface area (TPSA) is 41.1 Å². The highest BCUT2D eigenvalue weighted by Gasteiger charge is 2.54. The SMILES string of the molecule is I.I.O=C(NC(=C(Cl)Cl)[P+](c1ccccc1)(c1ccccc1)c1ccccc1)NC(=C(Cl)Cl)[P+](c1ccccc1)(c1ccccc1)c1ccccc1. The molecular weight excluding hydrogens is 994 g/mol. The second-order valence-corrected chi connectivity index (χ2v) is 19.7. The van der Waals surface area contributed by atoms with Crippen molar-refractivity contribution in [3.8, 4) is 0 Å². The number of carbonyl (C=O) groups excluding carboxylic acids is 1. The van der Waals surface area contributed by atoms with E-state index >= 15 is 0 Å². The minimum absolute atomic E-state index is 0. The lowest BCUT2D eigenvalue weighted by Gasteiger charge is -2.31. The van der Waals surface area contributed by atoms with Crippen LogP contribution in [-0.4, -0.2) is 6.03 Å². The van der Waals surface area contributed by atoms with Crippen molar-refractivity contribution in [2.45, 2.75) is 0 Å². The average molecular weight is 1030 g/mol. The van der Waals surface area contributed by atoms with E-state index in [4.69, 9.17) is 46.4 Å². The van der Waals surface area contributed by atoms with Gasteiger partial charge in [-0.2, -0.15) is 0 Å². The van der Waals surface area contributed by atoms with Crippen molar-refractivity contribution in [1.82, 2.24) is 10.6 Å². The number of hydrogen-bond acceptors (Lipinski definition) is 1. The van der Waals surface area contributed by atoms with Crippen LogP contribution in [0.15, 0.2) is 202 Å². The van der Waals surface area contributed by atoms with E-state index in [0.29, 0.717) is 10.9 Å². The zero-order valence-electron chi connectivity index (χ0n) is 27.5. The summed E-state index contributed by atoms with van der Waals surface area (Å²) >= 11 is 27.5. The van der Waals surface area contributed by atoms with Gasteiger partial charge in [0.25, 0.3) is 0 Å². The molecule has 0 unspecified atom stereocenters. The Balaban J connectivity index is 0.00000302. The number of amides is 2. The van der Waals surface area contributed by atoms with E-state index < -0.39 is 20.6 Å². The summed E-state index contributed by atoms with van der Waals surface area (Å²) in [5.74, 6) is 0. The van der Waals surface area contributed by atoms with Crippen molar-refractivity contribution >= 4 is 147 Å². The standard InChI is InChI=1S/C41H31Cl4N2OP2.2HI/c42-37(43)39(49(31-19-7-1-8-20-31,32-21-9-2-10-22-32)33-23-11-3-12-24-33)46-41(48)47-40(38(44)45)50(34-25-13-4-14-26-34,35-27-15-5-16-28-35)36-29-17-6-18-30-36;;/h1-30H,(H-,46,47,48);2*1H/q+1;;/p+1. The number of rotatable bonds is 10. The third-order valence-electron chi connectivity index (χ3n) is 8.35. The van der Waals surface area contributed by atoms with Crippen LogP contribution in [0.1, 0.15) is 0 Å². The highest BCUT2D eigenvalue weighted by Crippen LogP contribution is 2.64. The van der Waals surface area contributed by atoms with E-state index in [1.807, 2.05) is 182 Å². The lowest BCUT2D eigenvalue weighted by Crippen LogP contribution is -2.44. The first-order valence-corrected chi connectivity index (χ1v) is 20.8. The Morgan fingerprint density at radius 2 is 0.519 bits per heavy atom. The fourth-order valence-electron chi connectivity index (χ4n) is 6.34. The highest BCUT2D eigenvalue weighted by atomic mass is 127. The maximum Gasteiger partial charge on any atom is 0.328 e. The van der Waals surface area contributed by atoms with E-state index in [1.54, 1.807) is 0 Å². The second kappa shape index (κ2) is 19.8. The second-order valence-electron chi connectivity index (χ2n) is 11.2. The van der Waals surface area contributed by atoms with Gasteiger partial charge in [0.2, 0.25) is 10.9 Å². The Morgan fingerprint density at radius 1 is 0.346 bits per heavy atom. The molecule has 264 valence electrons. The first kappa shape index (κ1) is 42.3. The van der Waals surface area contributed by atoms with Crippen LogP contribution in [0.3, 0.4) is 0 Å². The summed E-state index contributed by atoms with van der Waals surface area (Å²) in [5.41, 5.74) is 0.741. The Labute approximate surface area is 360 Å². The lowest BCUT2D eigenvalue weighted by molar-refractivity contribution is 0.246. The quantitative estimate of drug-likeness (QED) is 0.104. The molecule has 0 aromatic heterocycles. The van der Waals surface area contributed by atoms with Gasteiger partial charge >= 0.3 is 6.03 Å². The molecule has 0 saturated carbocycles. The number of halogens is 6. The predicted octanol–water partition coefficient (Wildman–Crippen LogP) is 10.7. The van der Waals surface area contributed by atoms with Crippen molar-refractivity contribution in [1.29, 1.82) is 0 Å². The lowest BCUT2D eigenvalue weighted by atomic mass is 10.4. The minimum Gasteiger partial charge on any atom is -0.275 e. The van der Waals surface area contributed by atoms with Crippen LogP contribution in [0.25, 0.3) is 0 Å². The van der Waals surface area contributed by atoms with Crippen molar-refractivity contribution < 1.29 is 4.79 Å². The summed E-state index contributed by atoms with van der Waals surface area (Å²) in [5, 5.41) is 12.0. The molecular formula is C41H34Cl4I2N2OP2+2. The van der Waals surface area contributed by atoms with Crippen LogP contribution >= 0.6 is 109 Å². The molecule has 0 atom stereocenters. The zero-order valence-corrected chi connectivity index (χ0v) is 36.9. The van der Waals surface area contributed by atoms with Gasteiger partial charge in [-0.1, -0.05) is 156 Å². The molecule has 2 N–H and O–H groups in total. The fraction of sp³-hybridized carbons (Fsp3) is 0. The van der Waals surface area contributed by atoms with E-state index in [0.717, 1.165) is 31.8 Å². The summed E-state index contributed by atoms with van der Waals surface area (Å²) in [4.78, 5) is 14.7. The molecule has 0 fully saturated rings. The largest absolute Gasteiger partial charge is 0.328 e. The molecule has 6 rings (SSSR count). The summed E-state index contributed by atoms with van der Waals surface area (Å²) in [6, 6.07) is 59.4. The van der Waals surface area contributed by atoms with Crippen LogP contribution in [0, 0.1) is 0 Å². The van der Waals surface area contributed by atoms with E-state index in [1.165, 1.54) is 0 Å². The molecule has 11 heteroatoms. The third kappa shape index (κ3) is 8.59. The molecule has 2 amide bonds. The summed E-state index contributed by atoms with van der Waals surface area (Å²) in [7, 11) is -5.77. The van der Waals surface area contributed by atoms with Crippen LogP contribution in [0.5, 0.6) is 0 Å². The summed E-state index contributed by atoms with van der Waals surface area (Å²) in [6.45, 7) is 0. The average Bonchev–Trinajstić information content (AvgIpc) is 3.17. The number of urea groups is 1. The van der Waals surface area contributed by atoms with Crippen LogP contribution in [0.4, 0.5) is 4.79 Å². The van der Waals surface area contributed by atoms with Crippen LogP contribution in [-0.2, 0) is 0 Å². The summed E-state index contributed by atoms with van der Waals surface area (Å²) in [6.07, 6.45) is 0. The Bertz CT molecular complexity index is 1760. The van der Waals surface area contributed by atoms with Gasteiger partial charge in [-0.05, 0) is 72.8 Å². The van der Waals surface area contributed by atoms with Gasteiger partial charge in [-0.3, -0.25) is 10.6 Å². The molecule has 3 nitrogen and oxygen atoms in total. The van der Waals surface area contributed by atoms with Gasteiger partial charge in [0.1, 0.15) is 31.8 Å². The van der Waals surface area contributed by atoms with Gasteiger partial charge in [0.15, 0.2) is 23.5 Å². The number of benzene rings is 6. The molecule has 0 radical (unpaired) electrons. The van der Waals surface area contributed by atoms with Crippen molar-refractivity contribution in [2.75, 3.05) is 0 Å². The van der Waals surface area contributed by atoms with Crippen molar-refractivity contribution in [3.63, 3.8) is 0 Å². The number of carbonyl (C=O) groups is 1. The van der Waals surface area contributed by atoms with Crippen molar-refractivity contribution in [3.05, 3.63) is 202 Å². The Morgan fingerprint density at radius 3 is 0.673 bits per heavy atom. The Kier molecular flexibility index (Phi) is 16.1. The summed E-state index contributed by atoms with van der Waals surface area (Å²) < 4.78 is -0.134. The van der Waals surface area contributed by atoms with Gasteiger partial charge in [0, 0.05) is 0 Å². The molecule has 0 aliphatic heterocycles. The molecule has 0 aliphatic carbocycles. The van der Waals surface area contributed by atoms with Crippen LogP contribution in [0.2, 0.25) is 0 Å². The molecule has 0 saturated heterocycles. The third-order valence-corrected chi connectivity index (χ3v) is 18.1. The Hall–Kier alpha value is -2.45. The molecule has 0 aliphatic rings.